The molecule has 0 saturated heterocycles. The molecule has 0 aromatic carbocycles. The lowest BCUT2D eigenvalue weighted by Crippen LogP contribution is -2.27. The summed E-state index contributed by atoms with van der Waals surface area (Å²) >= 11 is 0. The van der Waals surface area contributed by atoms with Crippen LogP contribution in [0.4, 0.5) is 5.95 Å². The van der Waals surface area contributed by atoms with Crippen LogP contribution >= 0.6 is 0 Å². The third-order valence-electron chi connectivity index (χ3n) is 2.62. The zero-order valence-electron chi connectivity index (χ0n) is 10.5. The molecule has 16 heavy (non-hydrogen) atoms. The molecule has 0 aliphatic carbocycles. The van der Waals surface area contributed by atoms with Crippen molar-refractivity contribution in [1.29, 1.82) is 0 Å². The first-order chi connectivity index (χ1) is 7.72. The Morgan fingerprint density at radius 2 is 2.12 bits per heavy atom. The van der Waals surface area contributed by atoms with Crippen molar-refractivity contribution in [3.05, 3.63) is 17.5 Å². The van der Waals surface area contributed by atoms with E-state index in [4.69, 9.17) is 5.73 Å². The Balaban J connectivity index is 2.91. The number of aryl methyl sites for hydroxylation is 2. The van der Waals surface area contributed by atoms with E-state index in [0.717, 1.165) is 31.8 Å². The molecule has 0 saturated carbocycles. The molecule has 0 bridgehead atoms. The van der Waals surface area contributed by atoms with Crippen LogP contribution in [0.15, 0.2) is 6.20 Å². The molecule has 4 nitrogen and oxygen atoms in total. The minimum atomic E-state index is 0.624. The molecule has 0 fully saturated rings. The van der Waals surface area contributed by atoms with Gasteiger partial charge in [0.15, 0.2) is 0 Å². The Morgan fingerprint density at radius 1 is 1.38 bits per heavy atom. The monoisotopic (exact) mass is 222 g/mol. The first-order valence-corrected chi connectivity index (χ1v) is 5.98. The molecule has 0 unspecified atom stereocenters. The van der Waals surface area contributed by atoms with Gasteiger partial charge in [-0.05, 0) is 18.4 Å². The summed E-state index contributed by atoms with van der Waals surface area (Å²) in [4.78, 5) is 11.0. The second-order valence-electron chi connectivity index (χ2n) is 3.96. The van der Waals surface area contributed by atoms with E-state index in [1.54, 1.807) is 0 Å². The summed E-state index contributed by atoms with van der Waals surface area (Å²) in [5.41, 5.74) is 7.96. The van der Waals surface area contributed by atoms with E-state index in [1.165, 1.54) is 11.3 Å². The molecule has 0 aliphatic rings. The number of nitrogens with two attached hydrogens (primary N) is 1. The zero-order valence-corrected chi connectivity index (χ0v) is 10.5. The third kappa shape index (κ3) is 3.17. The first-order valence-electron chi connectivity index (χ1n) is 5.98. The van der Waals surface area contributed by atoms with Crippen LogP contribution in [0.3, 0.4) is 0 Å². The van der Waals surface area contributed by atoms with Crippen LogP contribution in [0.5, 0.6) is 0 Å². The van der Waals surface area contributed by atoms with E-state index in [2.05, 4.69) is 23.8 Å². The third-order valence-corrected chi connectivity index (χ3v) is 2.62. The predicted octanol–water partition coefficient (Wildman–Crippen LogP) is 1.39. The first kappa shape index (κ1) is 12.9. The van der Waals surface area contributed by atoms with Crippen molar-refractivity contribution < 1.29 is 0 Å². The molecule has 1 rings (SSSR count). The quantitative estimate of drug-likeness (QED) is 0.790. The van der Waals surface area contributed by atoms with Gasteiger partial charge in [0.25, 0.3) is 0 Å². The Kier molecular flexibility index (Phi) is 5.19. The second kappa shape index (κ2) is 6.43. The molecular weight excluding hydrogens is 200 g/mol. The van der Waals surface area contributed by atoms with Crippen LogP contribution in [0.25, 0.3) is 0 Å². The maximum absolute atomic E-state index is 5.52. The fourth-order valence-corrected chi connectivity index (χ4v) is 1.66. The predicted molar refractivity (Wildman–Crippen MR) is 67.7 cm³/mol. The number of anilines is 1. The van der Waals surface area contributed by atoms with Gasteiger partial charge in [-0.25, -0.2) is 9.97 Å². The number of nitrogens with zero attached hydrogens (tertiary/aromatic N) is 3. The van der Waals surface area contributed by atoms with Gasteiger partial charge in [-0.1, -0.05) is 20.3 Å². The fraction of sp³-hybridized carbons (Fsp3) is 0.667. The van der Waals surface area contributed by atoms with Gasteiger partial charge in [-0.2, -0.15) is 0 Å². The molecule has 1 heterocycles. The summed E-state index contributed by atoms with van der Waals surface area (Å²) < 4.78 is 0. The molecule has 0 radical (unpaired) electrons. The molecule has 90 valence electrons. The van der Waals surface area contributed by atoms with Crippen molar-refractivity contribution >= 4 is 5.95 Å². The Bertz CT molecular complexity index is 325. The topological polar surface area (TPSA) is 55.0 Å². The average molecular weight is 222 g/mol. The molecule has 0 spiro atoms. The Labute approximate surface area is 97.9 Å². The molecular formula is C12H22N4. The van der Waals surface area contributed by atoms with Gasteiger partial charge in [-0.15, -0.1) is 0 Å². The van der Waals surface area contributed by atoms with Crippen molar-refractivity contribution in [3.8, 4) is 0 Å². The highest BCUT2D eigenvalue weighted by atomic mass is 15.2. The molecule has 1 aromatic heterocycles. The minimum Gasteiger partial charge on any atom is -0.343 e. The van der Waals surface area contributed by atoms with Gasteiger partial charge in [0.05, 0.1) is 0 Å². The van der Waals surface area contributed by atoms with Crippen molar-refractivity contribution in [2.45, 2.75) is 33.1 Å². The van der Waals surface area contributed by atoms with Crippen molar-refractivity contribution in [1.82, 2.24) is 9.97 Å². The normalized spacial score (nSPS) is 10.5. The summed E-state index contributed by atoms with van der Waals surface area (Å²) in [5, 5.41) is 0. The van der Waals surface area contributed by atoms with E-state index in [1.807, 2.05) is 18.1 Å². The van der Waals surface area contributed by atoms with Gasteiger partial charge >= 0.3 is 0 Å². The smallest absolute Gasteiger partial charge is 0.225 e. The second-order valence-corrected chi connectivity index (χ2v) is 3.96. The summed E-state index contributed by atoms with van der Waals surface area (Å²) in [6, 6.07) is 0. The van der Waals surface area contributed by atoms with E-state index in [0.29, 0.717) is 6.54 Å². The summed E-state index contributed by atoms with van der Waals surface area (Å²) in [7, 11) is 1.98. The standard InChI is InChI=1S/C12H22N4/c1-4-6-11-10(5-2)9-14-12(15-11)16(3)8-7-13/h9H,4-8,13H2,1-3H3. The highest BCUT2D eigenvalue weighted by Gasteiger charge is 2.08. The van der Waals surface area contributed by atoms with E-state index < -0.39 is 0 Å². The van der Waals surface area contributed by atoms with E-state index >= 15 is 0 Å². The average Bonchev–Trinajstić information content (AvgIpc) is 2.29. The Hall–Kier alpha value is -1.16. The lowest BCUT2D eigenvalue weighted by atomic mass is 10.1. The number of hydrogen-bond donors (Lipinski definition) is 1. The van der Waals surface area contributed by atoms with Crippen molar-refractivity contribution in [3.63, 3.8) is 0 Å². The van der Waals surface area contributed by atoms with Crippen LogP contribution < -0.4 is 10.6 Å². The molecule has 0 aliphatic heterocycles. The summed E-state index contributed by atoms with van der Waals surface area (Å²) in [5.74, 6) is 0.783. The molecule has 4 heteroatoms. The molecule has 0 amide bonds. The SMILES string of the molecule is CCCc1nc(N(C)CCN)ncc1CC. The van der Waals surface area contributed by atoms with Gasteiger partial charge in [0, 0.05) is 32.0 Å². The molecule has 0 atom stereocenters. The summed E-state index contributed by atoms with van der Waals surface area (Å²) in [6.07, 6.45) is 5.08. The lowest BCUT2D eigenvalue weighted by molar-refractivity contribution is 0.801. The number of rotatable bonds is 6. The van der Waals surface area contributed by atoms with E-state index in [9.17, 15) is 0 Å². The van der Waals surface area contributed by atoms with Gasteiger partial charge in [0.2, 0.25) is 5.95 Å². The summed E-state index contributed by atoms with van der Waals surface area (Å²) in [6.45, 7) is 5.72. The largest absolute Gasteiger partial charge is 0.343 e. The highest BCUT2D eigenvalue weighted by molar-refractivity contribution is 5.32. The zero-order chi connectivity index (χ0) is 12.0. The van der Waals surface area contributed by atoms with Crippen LogP contribution in [0, 0.1) is 0 Å². The molecule has 2 N–H and O–H groups in total. The van der Waals surface area contributed by atoms with Crippen LogP contribution in [0.2, 0.25) is 0 Å². The number of likely N-dealkylation sites (N-methyl/N-ethyl adjacent to an activating group) is 1. The van der Waals surface area contributed by atoms with Crippen LogP contribution in [0.1, 0.15) is 31.5 Å². The van der Waals surface area contributed by atoms with Gasteiger partial charge < -0.3 is 10.6 Å². The van der Waals surface area contributed by atoms with Crippen molar-refractivity contribution in [2.24, 2.45) is 5.73 Å². The van der Waals surface area contributed by atoms with Crippen LogP contribution in [-0.4, -0.2) is 30.1 Å². The lowest BCUT2D eigenvalue weighted by Gasteiger charge is -2.17. The van der Waals surface area contributed by atoms with E-state index in [-0.39, 0.29) is 0 Å². The van der Waals surface area contributed by atoms with Crippen molar-refractivity contribution in [2.75, 3.05) is 25.0 Å². The maximum atomic E-state index is 5.52. The van der Waals surface area contributed by atoms with Crippen LogP contribution in [-0.2, 0) is 12.8 Å². The minimum absolute atomic E-state index is 0.624. The fourth-order valence-electron chi connectivity index (χ4n) is 1.66. The number of aromatic nitrogens is 2. The number of hydrogen-bond acceptors (Lipinski definition) is 4. The maximum Gasteiger partial charge on any atom is 0.225 e. The van der Waals surface area contributed by atoms with Gasteiger partial charge in [-0.3, -0.25) is 0 Å². The Morgan fingerprint density at radius 3 is 2.69 bits per heavy atom. The molecule has 1 aromatic rings. The van der Waals surface area contributed by atoms with Gasteiger partial charge in [0.1, 0.15) is 0 Å². The highest BCUT2D eigenvalue weighted by Crippen LogP contribution is 2.13.